The minimum absolute atomic E-state index is 0.0921. The molecule has 3 N–H and O–H groups in total. The van der Waals surface area contributed by atoms with E-state index in [-0.39, 0.29) is 12.5 Å². The third-order valence-electron chi connectivity index (χ3n) is 6.37. The van der Waals surface area contributed by atoms with Gasteiger partial charge in [-0.2, -0.15) is 0 Å². The van der Waals surface area contributed by atoms with E-state index in [0.29, 0.717) is 5.92 Å². The van der Waals surface area contributed by atoms with Gasteiger partial charge in [0.2, 0.25) is 5.91 Å². The van der Waals surface area contributed by atoms with Crippen molar-refractivity contribution in [1.29, 1.82) is 0 Å². The summed E-state index contributed by atoms with van der Waals surface area (Å²) in [6, 6.07) is 14.8. The SMILES string of the molecule is CC(C)(NC(=O)C(CC(=O)O)NC(=O)OCC1c2ccccc2-c2ccccc21)C1CC1. The van der Waals surface area contributed by atoms with Gasteiger partial charge in [-0.05, 0) is 54.9 Å². The number of nitrogens with one attached hydrogen (secondary N) is 2. The molecule has 2 aromatic carbocycles. The van der Waals surface area contributed by atoms with Crippen LogP contribution in [0.2, 0.25) is 0 Å². The zero-order chi connectivity index (χ0) is 22.9. The van der Waals surface area contributed by atoms with Crippen LogP contribution < -0.4 is 10.6 Å². The lowest BCUT2D eigenvalue weighted by atomic mass is 9.98. The van der Waals surface area contributed by atoms with E-state index in [1.807, 2.05) is 62.4 Å². The summed E-state index contributed by atoms with van der Waals surface area (Å²) in [4.78, 5) is 36.5. The van der Waals surface area contributed by atoms with Crippen molar-refractivity contribution >= 4 is 18.0 Å². The molecule has 1 fully saturated rings. The molecule has 2 aliphatic rings. The number of hydrogen-bond donors (Lipinski definition) is 3. The largest absolute Gasteiger partial charge is 0.481 e. The lowest BCUT2D eigenvalue weighted by Gasteiger charge is -2.28. The lowest BCUT2D eigenvalue weighted by molar-refractivity contribution is -0.140. The highest BCUT2D eigenvalue weighted by atomic mass is 16.5. The van der Waals surface area contributed by atoms with Gasteiger partial charge in [-0.3, -0.25) is 9.59 Å². The summed E-state index contributed by atoms with van der Waals surface area (Å²) in [6.07, 6.45) is 0.724. The van der Waals surface area contributed by atoms with Gasteiger partial charge in [0.05, 0.1) is 6.42 Å². The molecule has 0 spiro atoms. The Morgan fingerprint density at radius 2 is 1.59 bits per heavy atom. The first-order valence-electron chi connectivity index (χ1n) is 10.9. The Bertz CT molecular complexity index is 999. The molecule has 7 nitrogen and oxygen atoms in total. The predicted molar refractivity (Wildman–Crippen MR) is 119 cm³/mol. The zero-order valence-electron chi connectivity index (χ0n) is 18.3. The summed E-state index contributed by atoms with van der Waals surface area (Å²) in [5.74, 6) is -1.44. The van der Waals surface area contributed by atoms with Crippen LogP contribution in [0.5, 0.6) is 0 Å². The van der Waals surface area contributed by atoms with E-state index in [0.717, 1.165) is 35.1 Å². The van der Waals surface area contributed by atoms with Crippen molar-refractivity contribution in [3.63, 3.8) is 0 Å². The average molecular weight is 437 g/mol. The second-order valence-electron chi connectivity index (χ2n) is 9.11. The van der Waals surface area contributed by atoms with Crippen LogP contribution in [-0.4, -0.2) is 41.3 Å². The number of hydrogen-bond acceptors (Lipinski definition) is 4. The van der Waals surface area contributed by atoms with Crippen molar-refractivity contribution in [3.05, 3.63) is 59.7 Å². The summed E-state index contributed by atoms with van der Waals surface area (Å²) in [5.41, 5.74) is 3.93. The summed E-state index contributed by atoms with van der Waals surface area (Å²) in [5, 5.41) is 14.5. The molecule has 0 saturated heterocycles. The highest BCUT2D eigenvalue weighted by Crippen LogP contribution is 2.44. The molecular formula is C25H28N2O5. The summed E-state index contributed by atoms with van der Waals surface area (Å²) in [7, 11) is 0. The first-order chi connectivity index (χ1) is 15.3. The number of carbonyl (C=O) groups excluding carboxylic acids is 2. The summed E-state index contributed by atoms with van der Waals surface area (Å²) in [6.45, 7) is 3.91. The number of carboxylic acid groups (broad SMARTS) is 1. The van der Waals surface area contributed by atoms with Crippen molar-refractivity contribution in [1.82, 2.24) is 10.6 Å². The van der Waals surface area contributed by atoms with Gasteiger partial charge in [0, 0.05) is 11.5 Å². The fourth-order valence-corrected chi connectivity index (χ4v) is 4.48. The third-order valence-corrected chi connectivity index (χ3v) is 6.37. The lowest BCUT2D eigenvalue weighted by Crippen LogP contribution is -2.54. The standard InChI is InChI=1S/C25H28N2O5/c1-25(2,15-11-12-15)27-23(30)21(13-22(28)29)26-24(31)32-14-20-18-9-5-3-7-16(18)17-8-4-6-10-19(17)20/h3-10,15,20-21H,11-14H2,1-2H3,(H,26,31)(H,27,30)(H,28,29). The van der Waals surface area contributed by atoms with E-state index in [4.69, 9.17) is 4.74 Å². The van der Waals surface area contributed by atoms with E-state index in [9.17, 15) is 19.5 Å². The van der Waals surface area contributed by atoms with Crippen LogP contribution in [0.4, 0.5) is 4.79 Å². The van der Waals surface area contributed by atoms with E-state index >= 15 is 0 Å². The normalized spacial score (nSPS) is 15.9. The van der Waals surface area contributed by atoms with Crippen LogP contribution >= 0.6 is 0 Å². The molecular weight excluding hydrogens is 408 g/mol. The van der Waals surface area contributed by atoms with Crippen LogP contribution in [0, 0.1) is 5.92 Å². The van der Waals surface area contributed by atoms with Crippen LogP contribution in [0.1, 0.15) is 50.2 Å². The van der Waals surface area contributed by atoms with Gasteiger partial charge in [-0.15, -0.1) is 0 Å². The van der Waals surface area contributed by atoms with Gasteiger partial charge in [0.25, 0.3) is 0 Å². The van der Waals surface area contributed by atoms with Gasteiger partial charge < -0.3 is 20.5 Å². The Morgan fingerprint density at radius 1 is 1.03 bits per heavy atom. The van der Waals surface area contributed by atoms with Gasteiger partial charge in [0.15, 0.2) is 0 Å². The minimum atomic E-state index is -1.21. The molecule has 2 amide bonds. The fraction of sp³-hybridized carbons (Fsp3) is 0.400. The van der Waals surface area contributed by atoms with Crippen molar-refractivity contribution in [2.24, 2.45) is 5.92 Å². The van der Waals surface area contributed by atoms with Crippen molar-refractivity contribution in [3.8, 4) is 11.1 Å². The van der Waals surface area contributed by atoms with Crippen LogP contribution in [-0.2, 0) is 14.3 Å². The maximum Gasteiger partial charge on any atom is 0.407 e. The van der Waals surface area contributed by atoms with Gasteiger partial charge in [-0.1, -0.05) is 48.5 Å². The van der Waals surface area contributed by atoms with Crippen LogP contribution in [0.15, 0.2) is 48.5 Å². The molecule has 0 radical (unpaired) electrons. The summed E-state index contributed by atoms with van der Waals surface area (Å²) < 4.78 is 5.47. The molecule has 32 heavy (non-hydrogen) atoms. The second-order valence-corrected chi connectivity index (χ2v) is 9.11. The zero-order valence-corrected chi connectivity index (χ0v) is 18.3. The molecule has 1 atom stereocenters. The Hall–Kier alpha value is -3.35. The van der Waals surface area contributed by atoms with Crippen LogP contribution in [0.25, 0.3) is 11.1 Å². The van der Waals surface area contributed by atoms with Gasteiger partial charge >= 0.3 is 12.1 Å². The smallest absolute Gasteiger partial charge is 0.407 e. The number of rotatable bonds is 8. The van der Waals surface area contributed by atoms with E-state index < -0.39 is 36.0 Å². The molecule has 1 unspecified atom stereocenters. The summed E-state index contributed by atoms with van der Waals surface area (Å²) >= 11 is 0. The highest BCUT2D eigenvalue weighted by molar-refractivity contribution is 5.89. The highest BCUT2D eigenvalue weighted by Gasteiger charge is 2.40. The Labute approximate surface area is 187 Å². The van der Waals surface area contributed by atoms with Crippen molar-refractivity contribution in [2.75, 3.05) is 6.61 Å². The topological polar surface area (TPSA) is 105 Å². The fourth-order valence-electron chi connectivity index (χ4n) is 4.48. The number of carboxylic acids is 1. The first-order valence-corrected chi connectivity index (χ1v) is 10.9. The number of fused-ring (bicyclic) bond motifs is 3. The molecule has 4 rings (SSSR count). The number of amides is 2. The first kappa shape index (κ1) is 21.9. The molecule has 0 aliphatic heterocycles. The molecule has 2 aliphatic carbocycles. The predicted octanol–water partition coefficient (Wildman–Crippen LogP) is 3.67. The quantitative estimate of drug-likeness (QED) is 0.586. The number of aliphatic carboxylic acids is 1. The molecule has 0 bridgehead atoms. The molecule has 168 valence electrons. The second kappa shape index (κ2) is 8.65. The molecule has 0 aromatic heterocycles. The van der Waals surface area contributed by atoms with Crippen LogP contribution in [0.3, 0.4) is 0 Å². The molecule has 7 heteroatoms. The molecule has 0 heterocycles. The average Bonchev–Trinajstić information content (AvgIpc) is 3.56. The van der Waals surface area contributed by atoms with E-state index in [1.165, 1.54) is 0 Å². The monoisotopic (exact) mass is 436 g/mol. The van der Waals surface area contributed by atoms with Gasteiger partial charge in [-0.25, -0.2) is 4.79 Å². The minimum Gasteiger partial charge on any atom is -0.481 e. The third kappa shape index (κ3) is 4.61. The number of alkyl carbamates (subject to hydrolysis) is 1. The number of benzene rings is 2. The Kier molecular flexibility index (Phi) is 5.91. The van der Waals surface area contributed by atoms with Crippen molar-refractivity contribution in [2.45, 2.75) is 50.6 Å². The Balaban J connectivity index is 1.41. The number of carbonyl (C=O) groups is 3. The van der Waals surface area contributed by atoms with Gasteiger partial charge in [0.1, 0.15) is 12.6 Å². The van der Waals surface area contributed by atoms with E-state index in [2.05, 4.69) is 10.6 Å². The van der Waals surface area contributed by atoms with Crippen molar-refractivity contribution < 1.29 is 24.2 Å². The number of ether oxygens (including phenoxy) is 1. The maximum absolute atomic E-state index is 12.7. The van der Waals surface area contributed by atoms with E-state index in [1.54, 1.807) is 0 Å². The Morgan fingerprint density at radius 3 is 2.12 bits per heavy atom. The maximum atomic E-state index is 12.7. The molecule has 2 aromatic rings. The molecule has 1 saturated carbocycles.